The minimum atomic E-state index is -0.297. The molecule has 6 nitrogen and oxygen atoms in total. The van der Waals surface area contributed by atoms with E-state index in [2.05, 4.69) is 24.4 Å². The molecule has 1 N–H and O–H groups in total. The standard InChI is InChI=1S/C22H20N2O4/c1-2-15-3-5-16(6-4-15)12-24-13-17(7-10-21(24)25)22(26)23-18-8-9-19-20(11-18)28-14-27-19/h3-11,13H,2,12,14H2,1H3,(H,23,26). The van der Waals surface area contributed by atoms with Crippen LogP contribution in [0.3, 0.4) is 0 Å². The number of carbonyl (C=O) groups is 1. The zero-order valence-corrected chi connectivity index (χ0v) is 15.5. The molecule has 6 heteroatoms. The fraction of sp³-hybridized carbons (Fsp3) is 0.182. The summed E-state index contributed by atoms with van der Waals surface area (Å²) < 4.78 is 12.1. The van der Waals surface area contributed by atoms with E-state index in [1.54, 1.807) is 24.4 Å². The Balaban J connectivity index is 1.52. The summed E-state index contributed by atoms with van der Waals surface area (Å²) in [4.78, 5) is 24.8. The molecule has 0 unspecified atom stereocenters. The lowest BCUT2D eigenvalue weighted by Gasteiger charge is -2.10. The topological polar surface area (TPSA) is 69.6 Å². The van der Waals surface area contributed by atoms with Crippen LogP contribution in [0.1, 0.15) is 28.4 Å². The molecule has 1 aliphatic heterocycles. The Hall–Kier alpha value is -3.54. The van der Waals surface area contributed by atoms with Crippen LogP contribution in [0.4, 0.5) is 5.69 Å². The van der Waals surface area contributed by atoms with Crippen LogP contribution in [0, 0.1) is 0 Å². The second-order valence-corrected chi connectivity index (χ2v) is 6.58. The van der Waals surface area contributed by atoms with E-state index in [1.807, 2.05) is 12.1 Å². The molecule has 2 aromatic carbocycles. The summed E-state index contributed by atoms with van der Waals surface area (Å²) in [7, 11) is 0. The highest BCUT2D eigenvalue weighted by Gasteiger charge is 2.15. The number of carbonyl (C=O) groups excluding carboxylic acids is 1. The number of aryl methyl sites for hydroxylation is 1. The van der Waals surface area contributed by atoms with Crippen molar-refractivity contribution in [1.29, 1.82) is 0 Å². The number of aromatic nitrogens is 1. The van der Waals surface area contributed by atoms with Gasteiger partial charge in [-0.25, -0.2) is 0 Å². The first-order valence-electron chi connectivity index (χ1n) is 9.11. The third-order valence-corrected chi connectivity index (χ3v) is 4.66. The molecule has 1 aliphatic rings. The average Bonchev–Trinajstić information content (AvgIpc) is 3.18. The highest BCUT2D eigenvalue weighted by Crippen LogP contribution is 2.34. The van der Waals surface area contributed by atoms with Gasteiger partial charge in [-0.1, -0.05) is 31.2 Å². The number of hydrogen-bond acceptors (Lipinski definition) is 4. The number of rotatable bonds is 5. The fourth-order valence-electron chi connectivity index (χ4n) is 3.04. The summed E-state index contributed by atoms with van der Waals surface area (Å²) >= 11 is 0. The van der Waals surface area contributed by atoms with E-state index >= 15 is 0 Å². The molecule has 0 saturated heterocycles. The summed E-state index contributed by atoms with van der Waals surface area (Å²) in [6, 6.07) is 16.3. The minimum absolute atomic E-state index is 0.154. The molecular weight excluding hydrogens is 356 g/mol. The van der Waals surface area contributed by atoms with E-state index in [-0.39, 0.29) is 18.3 Å². The molecule has 28 heavy (non-hydrogen) atoms. The van der Waals surface area contributed by atoms with Gasteiger partial charge in [-0.05, 0) is 35.7 Å². The Morgan fingerprint density at radius 2 is 1.75 bits per heavy atom. The molecule has 0 aliphatic carbocycles. The van der Waals surface area contributed by atoms with Gasteiger partial charge in [-0.3, -0.25) is 9.59 Å². The molecule has 0 spiro atoms. The Kier molecular flexibility index (Phi) is 4.85. The van der Waals surface area contributed by atoms with Crippen molar-refractivity contribution in [2.45, 2.75) is 19.9 Å². The van der Waals surface area contributed by atoms with Crippen molar-refractivity contribution < 1.29 is 14.3 Å². The van der Waals surface area contributed by atoms with Crippen molar-refractivity contribution in [3.05, 3.63) is 87.8 Å². The van der Waals surface area contributed by atoms with Gasteiger partial charge in [0.15, 0.2) is 11.5 Å². The van der Waals surface area contributed by atoms with Crippen LogP contribution in [-0.4, -0.2) is 17.3 Å². The molecule has 0 fully saturated rings. The van der Waals surface area contributed by atoms with Crippen LogP contribution in [-0.2, 0) is 13.0 Å². The number of nitrogens with one attached hydrogen (secondary N) is 1. The molecule has 0 radical (unpaired) electrons. The molecule has 0 atom stereocenters. The number of ether oxygens (including phenoxy) is 2. The monoisotopic (exact) mass is 376 g/mol. The zero-order valence-electron chi connectivity index (χ0n) is 15.5. The quantitative estimate of drug-likeness (QED) is 0.741. The van der Waals surface area contributed by atoms with E-state index in [9.17, 15) is 9.59 Å². The van der Waals surface area contributed by atoms with Gasteiger partial charge in [-0.2, -0.15) is 0 Å². The summed E-state index contributed by atoms with van der Waals surface area (Å²) in [5.41, 5.74) is 3.10. The predicted octanol–water partition coefficient (Wildman–Crippen LogP) is 3.44. The third kappa shape index (κ3) is 3.76. The van der Waals surface area contributed by atoms with Gasteiger partial charge < -0.3 is 19.4 Å². The first-order valence-corrected chi connectivity index (χ1v) is 9.11. The summed E-state index contributed by atoms with van der Waals surface area (Å²) in [6.07, 6.45) is 2.55. The first-order chi connectivity index (χ1) is 13.6. The van der Waals surface area contributed by atoms with E-state index < -0.39 is 0 Å². The average molecular weight is 376 g/mol. The molecule has 4 rings (SSSR count). The van der Waals surface area contributed by atoms with Crippen molar-refractivity contribution in [2.24, 2.45) is 0 Å². The lowest BCUT2D eigenvalue weighted by molar-refractivity contribution is 0.102. The normalized spacial score (nSPS) is 12.0. The molecule has 3 aromatic rings. The van der Waals surface area contributed by atoms with Gasteiger partial charge in [0.1, 0.15) is 0 Å². The lowest BCUT2D eigenvalue weighted by atomic mass is 10.1. The highest BCUT2D eigenvalue weighted by molar-refractivity contribution is 6.04. The van der Waals surface area contributed by atoms with Gasteiger partial charge in [0.2, 0.25) is 6.79 Å². The van der Waals surface area contributed by atoms with Crippen LogP contribution >= 0.6 is 0 Å². The Labute approximate surface area is 162 Å². The maximum absolute atomic E-state index is 12.6. The van der Waals surface area contributed by atoms with Gasteiger partial charge >= 0.3 is 0 Å². The van der Waals surface area contributed by atoms with Crippen molar-refractivity contribution in [1.82, 2.24) is 4.57 Å². The maximum atomic E-state index is 12.6. The molecular formula is C22H20N2O4. The van der Waals surface area contributed by atoms with E-state index in [4.69, 9.17) is 9.47 Å². The fourth-order valence-corrected chi connectivity index (χ4v) is 3.04. The number of benzene rings is 2. The van der Waals surface area contributed by atoms with Crippen molar-refractivity contribution in [3.63, 3.8) is 0 Å². The molecule has 0 saturated carbocycles. The number of pyridine rings is 1. The Bertz CT molecular complexity index is 1070. The third-order valence-electron chi connectivity index (χ3n) is 4.66. The van der Waals surface area contributed by atoms with Gasteiger partial charge in [0.05, 0.1) is 12.1 Å². The van der Waals surface area contributed by atoms with Gasteiger partial charge in [0.25, 0.3) is 11.5 Å². The molecule has 1 amide bonds. The maximum Gasteiger partial charge on any atom is 0.257 e. The second-order valence-electron chi connectivity index (χ2n) is 6.58. The van der Waals surface area contributed by atoms with E-state index in [0.29, 0.717) is 29.3 Å². The summed E-state index contributed by atoms with van der Waals surface area (Å²) in [5, 5.41) is 2.82. The summed E-state index contributed by atoms with van der Waals surface area (Å²) in [5.74, 6) is 0.952. The van der Waals surface area contributed by atoms with Crippen molar-refractivity contribution >= 4 is 11.6 Å². The molecule has 142 valence electrons. The number of nitrogens with zero attached hydrogens (tertiary/aromatic N) is 1. The van der Waals surface area contributed by atoms with E-state index in [1.165, 1.54) is 22.3 Å². The lowest BCUT2D eigenvalue weighted by Crippen LogP contribution is -2.22. The van der Waals surface area contributed by atoms with Gasteiger partial charge in [-0.15, -0.1) is 0 Å². The number of hydrogen-bond donors (Lipinski definition) is 1. The molecule has 2 heterocycles. The predicted molar refractivity (Wildman–Crippen MR) is 106 cm³/mol. The number of fused-ring (bicyclic) bond motifs is 1. The first kappa shape index (κ1) is 17.9. The van der Waals surface area contributed by atoms with E-state index in [0.717, 1.165) is 12.0 Å². The second kappa shape index (κ2) is 7.60. The zero-order chi connectivity index (χ0) is 19.5. The largest absolute Gasteiger partial charge is 0.454 e. The minimum Gasteiger partial charge on any atom is -0.454 e. The van der Waals surface area contributed by atoms with Crippen molar-refractivity contribution in [3.8, 4) is 11.5 Å². The van der Waals surface area contributed by atoms with Crippen molar-refractivity contribution in [2.75, 3.05) is 12.1 Å². The smallest absolute Gasteiger partial charge is 0.257 e. The van der Waals surface area contributed by atoms with Crippen LogP contribution in [0.5, 0.6) is 11.5 Å². The summed E-state index contributed by atoms with van der Waals surface area (Å²) in [6.45, 7) is 2.69. The number of amides is 1. The van der Waals surface area contributed by atoms with Crippen LogP contribution in [0.2, 0.25) is 0 Å². The highest BCUT2D eigenvalue weighted by atomic mass is 16.7. The molecule has 0 bridgehead atoms. The Morgan fingerprint density at radius 3 is 2.54 bits per heavy atom. The van der Waals surface area contributed by atoms with Crippen LogP contribution in [0.25, 0.3) is 0 Å². The SMILES string of the molecule is CCc1ccc(Cn2cc(C(=O)Nc3ccc4c(c3)OCO4)ccc2=O)cc1. The van der Waals surface area contributed by atoms with Crippen LogP contribution in [0.15, 0.2) is 65.6 Å². The van der Waals surface area contributed by atoms with Gasteiger partial charge in [0, 0.05) is 24.0 Å². The number of anilines is 1. The van der Waals surface area contributed by atoms with Crippen LogP contribution < -0.4 is 20.3 Å². The molecule has 1 aromatic heterocycles. The Morgan fingerprint density at radius 1 is 1.00 bits per heavy atom.